The molecule has 3 atom stereocenters. The normalized spacial score (nSPS) is 26.5. The Balaban J connectivity index is 1.23. The van der Waals surface area contributed by atoms with E-state index < -0.39 is 17.9 Å². The Bertz CT molecular complexity index is 831. The maximum Gasteiger partial charge on any atom is 0.325 e. The van der Waals surface area contributed by atoms with E-state index in [1.165, 1.54) is 50.9 Å². The van der Waals surface area contributed by atoms with Gasteiger partial charge in [0.1, 0.15) is 11.9 Å². The van der Waals surface area contributed by atoms with Crippen LogP contribution in [0.1, 0.15) is 50.5 Å². The van der Waals surface area contributed by atoms with Crippen molar-refractivity contribution in [1.29, 1.82) is 0 Å². The van der Waals surface area contributed by atoms with Gasteiger partial charge in [-0.2, -0.15) is 0 Å². The van der Waals surface area contributed by atoms with E-state index in [1.807, 2.05) is 0 Å². The maximum absolute atomic E-state index is 13.4. The number of nitrogens with one attached hydrogen (secondary N) is 2. The average Bonchev–Trinajstić information content (AvgIpc) is 3.04. The maximum atomic E-state index is 13.4. The van der Waals surface area contributed by atoms with Gasteiger partial charge in [0.15, 0.2) is 0 Å². The summed E-state index contributed by atoms with van der Waals surface area (Å²) in [5.41, 5.74) is 0.547. The van der Waals surface area contributed by atoms with Gasteiger partial charge >= 0.3 is 6.03 Å². The number of imide groups is 1. The molecule has 31 heavy (non-hydrogen) atoms. The molecule has 0 aromatic heterocycles. The molecular formula is C23H31FN4O3. The predicted molar refractivity (Wildman–Crippen MR) is 113 cm³/mol. The van der Waals surface area contributed by atoms with Crippen molar-refractivity contribution in [1.82, 2.24) is 20.4 Å². The van der Waals surface area contributed by atoms with Crippen LogP contribution >= 0.6 is 0 Å². The third-order valence-electron chi connectivity index (χ3n) is 6.79. The average molecular weight is 431 g/mol. The summed E-state index contributed by atoms with van der Waals surface area (Å²) in [6.45, 7) is 3.04. The van der Waals surface area contributed by atoms with Gasteiger partial charge < -0.3 is 15.5 Å². The quantitative estimate of drug-likeness (QED) is 0.651. The first-order chi connectivity index (χ1) is 15.0. The van der Waals surface area contributed by atoms with E-state index in [9.17, 15) is 18.8 Å². The lowest BCUT2D eigenvalue weighted by Gasteiger charge is -2.44. The van der Waals surface area contributed by atoms with Crippen LogP contribution in [0, 0.1) is 11.7 Å². The highest BCUT2D eigenvalue weighted by molar-refractivity contribution is 6.04. The molecule has 1 aromatic carbocycles. The highest BCUT2D eigenvalue weighted by Gasteiger charge is 2.38. The zero-order valence-electron chi connectivity index (χ0n) is 17.8. The molecular weight excluding hydrogens is 399 g/mol. The van der Waals surface area contributed by atoms with Crippen molar-refractivity contribution in [3.63, 3.8) is 0 Å². The van der Waals surface area contributed by atoms with Gasteiger partial charge in [-0.3, -0.25) is 14.5 Å². The monoisotopic (exact) mass is 430 g/mol. The van der Waals surface area contributed by atoms with Gasteiger partial charge in [0.2, 0.25) is 5.91 Å². The second-order valence-corrected chi connectivity index (χ2v) is 8.90. The predicted octanol–water partition coefficient (Wildman–Crippen LogP) is 2.41. The number of nitrogens with zero attached hydrogens (tertiary/aromatic N) is 2. The van der Waals surface area contributed by atoms with Crippen molar-refractivity contribution < 1.29 is 18.8 Å². The number of benzene rings is 1. The number of hydrogen-bond acceptors (Lipinski definition) is 4. The van der Waals surface area contributed by atoms with E-state index in [2.05, 4.69) is 15.5 Å². The Hall–Kier alpha value is -2.48. The smallest absolute Gasteiger partial charge is 0.325 e. The number of carbonyl (C=O) groups is 3. The highest BCUT2D eigenvalue weighted by Crippen LogP contribution is 2.30. The van der Waals surface area contributed by atoms with Crippen molar-refractivity contribution in [2.24, 2.45) is 5.92 Å². The summed E-state index contributed by atoms with van der Waals surface area (Å²) in [5, 5.41) is 5.69. The Morgan fingerprint density at radius 2 is 2.00 bits per heavy atom. The van der Waals surface area contributed by atoms with Crippen LogP contribution in [0.4, 0.5) is 9.18 Å². The minimum absolute atomic E-state index is 0.0185. The zero-order chi connectivity index (χ0) is 21.8. The number of carbonyl (C=O) groups excluding carboxylic acids is 3. The fraction of sp³-hybridized carbons (Fsp3) is 0.609. The summed E-state index contributed by atoms with van der Waals surface area (Å²) in [7, 11) is 0. The molecule has 4 amide bonds. The first-order valence-electron chi connectivity index (χ1n) is 11.4. The lowest BCUT2D eigenvalue weighted by Crippen LogP contribution is -2.51. The number of piperidine rings is 2. The van der Waals surface area contributed by atoms with Crippen LogP contribution in [-0.4, -0.2) is 59.4 Å². The molecule has 3 saturated heterocycles. The molecule has 0 unspecified atom stereocenters. The van der Waals surface area contributed by atoms with Crippen molar-refractivity contribution in [2.75, 3.05) is 19.6 Å². The van der Waals surface area contributed by atoms with Crippen LogP contribution in [0.25, 0.3) is 0 Å². The van der Waals surface area contributed by atoms with E-state index in [-0.39, 0.29) is 31.2 Å². The third kappa shape index (κ3) is 5.23. The van der Waals surface area contributed by atoms with E-state index >= 15 is 0 Å². The Morgan fingerprint density at radius 1 is 1.16 bits per heavy atom. The summed E-state index contributed by atoms with van der Waals surface area (Å²) < 4.78 is 13.4. The van der Waals surface area contributed by atoms with Gasteiger partial charge in [0.25, 0.3) is 5.91 Å². The molecule has 1 aromatic rings. The van der Waals surface area contributed by atoms with Gasteiger partial charge in [-0.1, -0.05) is 18.6 Å². The molecule has 0 spiro atoms. The number of urea groups is 1. The summed E-state index contributed by atoms with van der Waals surface area (Å²) in [6, 6.07) is 5.20. The lowest BCUT2D eigenvalue weighted by molar-refractivity contribution is -0.128. The number of halogens is 1. The molecule has 168 valence electrons. The topological polar surface area (TPSA) is 81.8 Å². The highest BCUT2D eigenvalue weighted by atomic mass is 19.1. The summed E-state index contributed by atoms with van der Waals surface area (Å²) >= 11 is 0. The number of fused-ring (bicyclic) bond motifs is 1. The fourth-order valence-electron chi connectivity index (χ4n) is 5.16. The van der Waals surface area contributed by atoms with Crippen molar-refractivity contribution in [3.05, 3.63) is 35.6 Å². The summed E-state index contributed by atoms with van der Waals surface area (Å²) in [6.07, 6.45) is 6.52. The third-order valence-corrected chi connectivity index (χ3v) is 6.79. The molecule has 2 N–H and O–H groups in total. The van der Waals surface area contributed by atoms with Crippen LogP contribution < -0.4 is 10.6 Å². The Labute approximate surface area is 182 Å². The largest absolute Gasteiger partial charge is 0.356 e. The van der Waals surface area contributed by atoms with Gasteiger partial charge in [-0.05, 0) is 68.8 Å². The van der Waals surface area contributed by atoms with Crippen molar-refractivity contribution in [2.45, 2.75) is 63.6 Å². The van der Waals surface area contributed by atoms with Crippen LogP contribution in [0.3, 0.4) is 0 Å². The van der Waals surface area contributed by atoms with Crippen LogP contribution in [0.5, 0.6) is 0 Å². The van der Waals surface area contributed by atoms with E-state index in [4.69, 9.17) is 0 Å². The molecule has 0 bridgehead atoms. The van der Waals surface area contributed by atoms with Crippen molar-refractivity contribution in [3.8, 4) is 0 Å². The first kappa shape index (κ1) is 21.7. The van der Waals surface area contributed by atoms with Gasteiger partial charge in [0, 0.05) is 19.0 Å². The Morgan fingerprint density at radius 3 is 2.84 bits per heavy atom. The number of amides is 4. The van der Waals surface area contributed by atoms with Gasteiger partial charge in [0.05, 0.1) is 6.54 Å². The molecule has 0 radical (unpaired) electrons. The first-order valence-corrected chi connectivity index (χ1v) is 11.4. The SMILES string of the molecule is O=C(CC[C@@H]1NC(=O)N(Cc2cccc(F)c2)C1=O)NC[C@@H]1CCCN2CCCC[C@H]12. The summed E-state index contributed by atoms with van der Waals surface area (Å²) in [4.78, 5) is 40.8. The molecule has 4 rings (SSSR count). The minimum Gasteiger partial charge on any atom is -0.356 e. The van der Waals surface area contributed by atoms with Crippen LogP contribution in [-0.2, 0) is 16.1 Å². The van der Waals surface area contributed by atoms with E-state index in [0.29, 0.717) is 24.1 Å². The van der Waals surface area contributed by atoms with Crippen molar-refractivity contribution >= 4 is 17.8 Å². The second kappa shape index (κ2) is 9.77. The Kier molecular flexibility index (Phi) is 6.85. The molecule has 0 saturated carbocycles. The minimum atomic E-state index is -0.713. The van der Waals surface area contributed by atoms with Crippen LogP contribution in [0.15, 0.2) is 24.3 Å². The van der Waals surface area contributed by atoms with Gasteiger partial charge in [-0.15, -0.1) is 0 Å². The zero-order valence-corrected chi connectivity index (χ0v) is 17.8. The number of rotatable bonds is 7. The number of hydrogen-bond donors (Lipinski definition) is 2. The molecule has 0 aliphatic carbocycles. The van der Waals surface area contributed by atoms with Crippen LogP contribution in [0.2, 0.25) is 0 Å². The summed E-state index contributed by atoms with van der Waals surface area (Å²) in [5.74, 6) is -0.370. The molecule has 3 aliphatic rings. The standard InChI is InChI=1S/C23H31FN4O3/c24-18-7-3-5-16(13-18)15-28-22(30)19(26-23(28)31)9-10-21(29)25-14-17-6-4-12-27-11-2-1-8-20(17)27/h3,5,7,13,17,19-20H,1-2,4,6,8-12,14-15H2,(H,25,29)(H,26,31)/t17-,19-,20+/m0/s1. The van der Waals surface area contributed by atoms with Gasteiger partial charge in [-0.25, -0.2) is 9.18 Å². The van der Waals surface area contributed by atoms with E-state index in [0.717, 1.165) is 11.3 Å². The molecule has 7 nitrogen and oxygen atoms in total. The van der Waals surface area contributed by atoms with E-state index in [1.54, 1.807) is 12.1 Å². The molecule has 8 heteroatoms. The fourth-order valence-corrected chi connectivity index (χ4v) is 5.16. The second-order valence-electron chi connectivity index (χ2n) is 8.90. The molecule has 3 heterocycles. The lowest BCUT2D eigenvalue weighted by atomic mass is 9.83. The molecule has 3 aliphatic heterocycles. The molecule has 3 fully saturated rings.